The Hall–Kier alpha value is -0.820. The van der Waals surface area contributed by atoms with Gasteiger partial charge >= 0.3 is 0 Å². The summed E-state index contributed by atoms with van der Waals surface area (Å²) in [4.78, 5) is 0. The Balaban J connectivity index is 2.31. The minimum Gasteiger partial charge on any atom is -0.362 e. The van der Waals surface area contributed by atoms with Gasteiger partial charge in [-0.1, -0.05) is 35.5 Å². The number of hydrogen-bond donors (Lipinski definition) is 0. The van der Waals surface area contributed by atoms with Crippen molar-refractivity contribution in [3.05, 3.63) is 35.5 Å². The molecule has 0 aromatic heterocycles. The van der Waals surface area contributed by atoms with E-state index in [-0.39, 0.29) is 5.60 Å². The summed E-state index contributed by atoms with van der Waals surface area (Å²) in [6.07, 6.45) is 11.4. The van der Waals surface area contributed by atoms with E-state index in [1.165, 1.54) is 11.1 Å². The molecule has 16 heavy (non-hydrogen) atoms. The number of rotatable bonds is 5. The second-order valence-corrected chi connectivity index (χ2v) is 5.14. The third kappa shape index (κ3) is 4.36. The van der Waals surface area contributed by atoms with Gasteiger partial charge in [-0.25, -0.2) is 0 Å². The van der Waals surface area contributed by atoms with Gasteiger partial charge in [0.1, 0.15) is 5.60 Å². The first kappa shape index (κ1) is 13.2. The molecule has 0 aromatic rings. The van der Waals surface area contributed by atoms with Crippen LogP contribution in [0.4, 0.5) is 0 Å². The molecule has 0 radical (unpaired) electrons. The van der Waals surface area contributed by atoms with Crippen LogP contribution in [0.25, 0.3) is 0 Å². The van der Waals surface area contributed by atoms with Crippen molar-refractivity contribution in [2.75, 3.05) is 0 Å². The molecule has 1 fully saturated rings. The summed E-state index contributed by atoms with van der Waals surface area (Å²) in [5.41, 5.74) is 2.82. The summed E-state index contributed by atoms with van der Waals surface area (Å²) in [6, 6.07) is 0. The third-order valence-corrected chi connectivity index (χ3v) is 3.08. The van der Waals surface area contributed by atoms with Gasteiger partial charge in [-0.3, -0.25) is 0 Å². The Kier molecular flexibility index (Phi) is 4.55. The predicted molar refractivity (Wildman–Crippen MR) is 70.5 cm³/mol. The monoisotopic (exact) mass is 220 g/mol. The molecule has 0 aliphatic carbocycles. The Bertz CT molecular complexity index is 318. The third-order valence-electron chi connectivity index (χ3n) is 3.08. The van der Waals surface area contributed by atoms with Crippen molar-refractivity contribution in [2.24, 2.45) is 0 Å². The van der Waals surface area contributed by atoms with Crippen LogP contribution < -0.4 is 0 Å². The molecule has 0 saturated carbocycles. The van der Waals surface area contributed by atoms with Gasteiger partial charge in [-0.2, -0.15) is 0 Å². The summed E-state index contributed by atoms with van der Waals surface area (Å²) in [7, 11) is 0. The Morgan fingerprint density at radius 3 is 2.44 bits per heavy atom. The quantitative estimate of drug-likeness (QED) is 0.380. The fourth-order valence-corrected chi connectivity index (χ4v) is 1.60. The maximum atomic E-state index is 5.47. The van der Waals surface area contributed by atoms with E-state index >= 15 is 0 Å². The zero-order valence-electron chi connectivity index (χ0n) is 11.2. The molecule has 2 atom stereocenters. The largest absolute Gasteiger partial charge is 0.362 e. The van der Waals surface area contributed by atoms with E-state index in [1.807, 2.05) is 0 Å². The molecular formula is C15H24O. The molecule has 1 aliphatic heterocycles. The van der Waals surface area contributed by atoms with Crippen molar-refractivity contribution in [3.8, 4) is 0 Å². The lowest BCUT2D eigenvalue weighted by molar-refractivity contribution is 0.349. The first-order valence-electron chi connectivity index (χ1n) is 6.10. The maximum Gasteiger partial charge on any atom is 0.110 e. The van der Waals surface area contributed by atoms with Crippen LogP contribution in [0.5, 0.6) is 0 Å². The fourth-order valence-electron chi connectivity index (χ4n) is 1.60. The molecule has 0 bridgehead atoms. The first-order chi connectivity index (χ1) is 7.44. The van der Waals surface area contributed by atoms with E-state index in [1.54, 1.807) is 0 Å². The Morgan fingerprint density at radius 2 is 1.94 bits per heavy atom. The first-order valence-corrected chi connectivity index (χ1v) is 6.10. The predicted octanol–water partition coefficient (Wildman–Crippen LogP) is 4.41. The van der Waals surface area contributed by atoms with Gasteiger partial charge < -0.3 is 4.74 Å². The summed E-state index contributed by atoms with van der Waals surface area (Å²) < 4.78 is 5.47. The normalized spacial score (nSPS) is 29.6. The van der Waals surface area contributed by atoms with E-state index in [0.717, 1.165) is 12.8 Å². The van der Waals surface area contributed by atoms with Crippen LogP contribution in [0.15, 0.2) is 35.5 Å². The van der Waals surface area contributed by atoms with Crippen molar-refractivity contribution in [3.63, 3.8) is 0 Å². The van der Waals surface area contributed by atoms with Gasteiger partial charge in [0.25, 0.3) is 0 Å². The van der Waals surface area contributed by atoms with Gasteiger partial charge in [-0.05, 0) is 47.5 Å². The topological polar surface area (TPSA) is 12.5 Å². The molecule has 1 heterocycles. The van der Waals surface area contributed by atoms with E-state index < -0.39 is 0 Å². The Morgan fingerprint density at radius 1 is 1.31 bits per heavy atom. The van der Waals surface area contributed by atoms with E-state index in [4.69, 9.17) is 4.74 Å². The molecule has 90 valence electrons. The van der Waals surface area contributed by atoms with E-state index in [9.17, 15) is 0 Å². The molecule has 0 N–H and O–H groups in total. The van der Waals surface area contributed by atoms with Crippen LogP contribution in [0.3, 0.4) is 0 Å². The average molecular weight is 220 g/mol. The lowest BCUT2D eigenvalue weighted by Gasteiger charge is -1.97. The highest BCUT2D eigenvalue weighted by atomic mass is 16.6. The van der Waals surface area contributed by atoms with Crippen LogP contribution in [0, 0.1) is 0 Å². The summed E-state index contributed by atoms with van der Waals surface area (Å²) in [5, 5.41) is 0. The molecule has 1 nitrogen and oxygen atoms in total. The number of ether oxygens (including phenoxy) is 1. The SMILES string of the molecule is CC(C)=CCCC(C)=CC=CC1(C)OC1C. The smallest absolute Gasteiger partial charge is 0.110 e. The summed E-state index contributed by atoms with van der Waals surface area (Å²) >= 11 is 0. The lowest BCUT2D eigenvalue weighted by Crippen LogP contribution is -2.01. The molecule has 2 unspecified atom stereocenters. The fraction of sp³-hybridized carbons (Fsp3) is 0.600. The van der Waals surface area contributed by atoms with Crippen LogP contribution >= 0.6 is 0 Å². The van der Waals surface area contributed by atoms with Crippen molar-refractivity contribution < 1.29 is 4.74 Å². The van der Waals surface area contributed by atoms with E-state index in [0.29, 0.717) is 6.10 Å². The zero-order chi connectivity index (χ0) is 12.2. The van der Waals surface area contributed by atoms with Gasteiger partial charge in [0, 0.05) is 0 Å². The second-order valence-electron chi connectivity index (χ2n) is 5.14. The molecule has 0 spiro atoms. The maximum absolute atomic E-state index is 5.47. The second kappa shape index (κ2) is 5.49. The molecule has 1 heteroatoms. The van der Waals surface area contributed by atoms with Crippen LogP contribution in [0.2, 0.25) is 0 Å². The summed E-state index contributed by atoms with van der Waals surface area (Å²) in [5.74, 6) is 0. The minimum atomic E-state index is -0.00328. The Labute approximate surface area is 99.9 Å². The van der Waals surface area contributed by atoms with Crippen molar-refractivity contribution in [2.45, 2.75) is 59.2 Å². The molecular weight excluding hydrogens is 196 g/mol. The molecule has 0 amide bonds. The minimum absolute atomic E-state index is 0.00328. The zero-order valence-corrected chi connectivity index (χ0v) is 11.2. The number of hydrogen-bond acceptors (Lipinski definition) is 1. The molecule has 1 saturated heterocycles. The van der Waals surface area contributed by atoms with Gasteiger partial charge in [0.2, 0.25) is 0 Å². The van der Waals surface area contributed by atoms with Crippen LogP contribution in [0.1, 0.15) is 47.5 Å². The van der Waals surface area contributed by atoms with Crippen LogP contribution in [-0.2, 0) is 4.74 Å². The van der Waals surface area contributed by atoms with Gasteiger partial charge in [-0.15, -0.1) is 0 Å². The van der Waals surface area contributed by atoms with Gasteiger partial charge in [0.05, 0.1) is 6.10 Å². The molecule has 1 rings (SSSR count). The van der Waals surface area contributed by atoms with Crippen molar-refractivity contribution in [1.29, 1.82) is 0 Å². The van der Waals surface area contributed by atoms with E-state index in [2.05, 4.69) is 58.9 Å². The van der Waals surface area contributed by atoms with Gasteiger partial charge in [0.15, 0.2) is 0 Å². The highest BCUT2D eigenvalue weighted by Crippen LogP contribution is 2.36. The van der Waals surface area contributed by atoms with Crippen molar-refractivity contribution >= 4 is 0 Å². The highest BCUT2D eigenvalue weighted by Gasteiger charge is 2.46. The molecule has 0 aromatic carbocycles. The average Bonchev–Trinajstić information content (AvgIpc) is 2.73. The van der Waals surface area contributed by atoms with Crippen molar-refractivity contribution in [1.82, 2.24) is 0 Å². The highest BCUT2D eigenvalue weighted by molar-refractivity contribution is 5.19. The van der Waals surface area contributed by atoms with Crippen LogP contribution in [-0.4, -0.2) is 11.7 Å². The number of epoxide rings is 1. The summed E-state index contributed by atoms with van der Waals surface area (Å²) in [6.45, 7) is 10.7. The lowest BCUT2D eigenvalue weighted by atomic mass is 10.1. The standard InChI is InChI=1S/C15H24O/c1-12(2)8-6-9-13(3)10-7-11-15(5)14(4)16-15/h7-8,10-11,14H,6,9H2,1-5H3. The molecule has 1 aliphatic rings. The number of allylic oxidation sites excluding steroid dienone is 5.